The van der Waals surface area contributed by atoms with Crippen molar-refractivity contribution in [3.05, 3.63) is 68.7 Å². The largest absolute Gasteiger partial charge is 0.416 e. The molecule has 2 N–H and O–H groups in total. The van der Waals surface area contributed by atoms with Crippen molar-refractivity contribution in [2.45, 2.75) is 75.7 Å². The summed E-state index contributed by atoms with van der Waals surface area (Å²) < 4.78 is 87.2. The van der Waals surface area contributed by atoms with Gasteiger partial charge in [-0.05, 0) is 92.6 Å². The maximum absolute atomic E-state index is 13.5. The molecule has 2 aliphatic heterocycles. The quantitative estimate of drug-likeness (QED) is 0.275. The highest BCUT2D eigenvalue weighted by Crippen LogP contribution is 2.47. The van der Waals surface area contributed by atoms with Gasteiger partial charge in [0.1, 0.15) is 5.60 Å². The summed E-state index contributed by atoms with van der Waals surface area (Å²) in [6.45, 7) is 2.27. The summed E-state index contributed by atoms with van der Waals surface area (Å²) in [5, 5.41) is 0.590. The first kappa shape index (κ1) is 39.5. The first-order valence-electron chi connectivity index (χ1n) is 16.2. The highest BCUT2D eigenvalue weighted by Gasteiger charge is 2.46. The van der Waals surface area contributed by atoms with E-state index in [-0.39, 0.29) is 60.6 Å². The Labute approximate surface area is 298 Å². The van der Waals surface area contributed by atoms with Crippen LogP contribution in [0.5, 0.6) is 0 Å². The topological polar surface area (TPSA) is 75.9 Å². The molecule has 1 unspecified atom stereocenters. The Bertz CT molecular complexity index is 1460. The zero-order chi connectivity index (χ0) is 34.9. The molecule has 3 aliphatic rings. The molecule has 49 heavy (non-hydrogen) atoms. The molecule has 1 aliphatic carbocycles. The zero-order valence-corrected chi connectivity index (χ0v) is 29.1. The Morgan fingerprint density at radius 2 is 1.49 bits per heavy atom. The van der Waals surface area contributed by atoms with Gasteiger partial charge in [0.05, 0.1) is 46.2 Å². The van der Waals surface area contributed by atoms with Crippen molar-refractivity contribution in [2.75, 3.05) is 39.3 Å². The maximum Gasteiger partial charge on any atom is 0.416 e. The van der Waals surface area contributed by atoms with E-state index in [1.807, 2.05) is 0 Å². The van der Waals surface area contributed by atoms with Crippen molar-refractivity contribution in [1.82, 2.24) is 9.80 Å². The number of nitrogens with zero attached hydrogens (tertiary/aromatic N) is 2. The number of likely N-dealkylation sites (tertiary alicyclic amines) is 1. The van der Waals surface area contributed by atoms with E-state index in [9.17, 15) is 35.9 Å². The van der Waals surface area contributed by atoms with Crippen LogP contribution in [0.3, 0.4) is 0 Å². The number of ether oxygens (including phenoxy) is 1. The van der Waals surface area contributed by atoms with Crippen LogP contribution in [-0.4, -0.2) is 60.9 Å². The van der Waals surface area contributed by atoms with Crippen molar-refractivity contribution < 1.29 is 40.7 Å². The molecule has 2 saturated heterocycles. The third-order valence-corrected chi connectivity index (χ3v) is 11.2. The fourth-order valence-electron chi connectivity index (χ4n) is 7.74. The Balaban J connectivity index is 0.00000541. The van der Waals surface area contributed by atoms with Gasteiger partial charge in [-0.1, -0.05) is 48.5 Å². The fraction of sp³-hybridized carbons (Fsp3) is 0.588. The van der Waals surface area contributed by atoms with Gasteiger partial charge in [0.15, 0.2) is 0 Å². The molecule has 1 atom stereocenters. The van der Waals surface area contributed by atoms with Gasteiger partial charge in [0.2, 0.25) is 11.8 Å². The Hall–Kier alpha value is -2.25. The van der Waals surface area contributed by atoms with Crippen molar-refractivity contribution in [3.63, 3.8) is 0 Å². The van der Waals surface area contributed by atoms with Crippen molar-refractivity contribution in [2.24, 2.45) is 17.1 Å². The highest BCUT2D eigenvalue weighted by atomic mass is 35.5. The number of halogens is 9. The summed E-state index contributed by atoms with van der Waals surface area (Å²) >= 11 is 12.6. The van der Waals surface area contributed by atoms with Gasteiger partial charge < -0.3 is 20.3 Å². The summed E-state index contributed by atoms with van der Waals surface area (Å²) in [6.07, 6.45) is -3.88. The maximum atomic E-state index is 13.5. The highest BCUT2D eigenvalue weighted by molar-refractivity contribution is 6.42. The van der Waals surface area contributed by atoms with Crippen LogP contribution in [0.4, 0.5) is 26.3 Å². The van der Waals surface area contributed by atoms with Crippen LogP contribution in [0, 0.1) is 11.3 Å². The molecule has 1 saturated carbocycles. The Morgan fingerprint density at radius 3 is 2.04 bits per heavy atom. The van der Waals surface area contributed by atoms with Crippen LogP contribution in [0.25, 0.3) is 0 Å². The number of alkyl halides is 6. The standard InChI is InChI=1S/C34H39Cl2F6N3O3.ClH/c35-27-5-4-24(20-28(27)36)32(10-13-44-11-6-23(7-12-44)31(30(43)47)8-2-1-3-9-31)21-45(14-15-48-32)29(46)18-22-16-25(33(37,38)39)19-26(17-22)34(40,41)42;/h4-5,16-17,19-20,23H,1-3,6-15,18,21H2,(H2,43,47);1H. The average Bonchev–Trinajstić information content (AvgIpc) is 3.04. The van der Waals surface area contributed by atoms with Crippen molar-refractivity contribution in [3.8, 4) is 0 Å². The van der Waals surface area contributed by atoms with Crippen molar-refractivity contribution >= 4 is 47.4 Å². The van der Waals surface area contributed by atoms with Gasteiger partial charge in [-0.15, -0.1) is 12.4 Å². The SMILES string of the molecule is Cl.NC(=O)C1(C2CCN(CCC3(c4ccc(Cl)c(Cl)c4)CN(C(=O)Cc4cc(C(F)(F)F)cc(C(F)(F)F)c4)CCO3)CC2)CCCCC1. The van der Waals surface area contributed by atoms with Gasteiger partial charge in [-0.2, -0.15) is 26.3 Å². The minimum absolute atomic E-state index is 0. The molecule has 0 bridgehead atoms. The summed E-state index contributed by atoms with van der Waals surface area (Å²) in [7, 11) is 0. The second-order valence-corrected chi connectivity index (χ2v) is 14.1. The number of primary amides is 1. The lowest BCUT2D eigenvalue weighted by Gasteiger charge is -2.46. The molecule has 3 fully saturated rings. The molecule has 2 heterocycles. The number of nitrogens with two attached hydrogens (primary N) is 1. The predicted octanol–water partition coefficient (Wildman–Crippen LogP) is 8.29. The van der Waals surface area contributed by atoms with Gasteiger partial charge in [-0.25, -0.2) is 0 Å². The number of carbonyl (C=O) groups is 2. The van der Waals surface area contributed by atoms with Gasteiger partial charge in [0.25, 0.3) is 0 Å². The number of hydrogen-bond acceptors (Lipinski definition) is 4. The van der Waals surface area contributed by atoms with E-state index >= 15 is 0 Å². The molecule has 5 rings (SSSR count). The van der Waals surface area contributed by atoms with Crippen LogP contribution in [0.2, 0.25) is 10.0 Å². The lowest BCUT2D eigenvalue weighted by Crippen LogP contribution is -2.54. The van der Waals surface area contributed by atoms with E-state index < -0.39 is 46.8 Å². The number of rotatable bonds is 8. The van der Waals surface area contributed by atoms with Crippen LogP contribution >= 0.6 is 35.6 Å². The summed E-state index contributed by atoms with van der Waals surface area (Å²) in [5.74, 6) is -0.622. The molecule has 2 aromatic carbocycles. The van der Waals surface area contributed by atoms with Crippen molar-refractivity contribution in [1.29, 1.82) is 0 Å². The van der Waals surface area contributed by atoms with Crippen LogP contribution in [0.1, 0.15) is 73.6 Å². The summed E-state index contributed by atoms with van der Waals surface area (Å²) in [5.41, 5.74) is 1.74. The van der Waals surface area contributed by atoms with E-state index in [1.54, 1.807) is 18.2 Å². The number of morpholine rings is 1. The summed E-state index contributed by atoms with van der Waals surface area (Å²) in [4.78, 5) is 29.8. The molecule has 0 spiro atoms. The molecule has 0 radical (unpaired) electrons. The number of benzene rings is 2. The van der Waals surface area contributed by atoms with Crippen LogP contribution in [-0.2, 0) is 38.7 Å². The Morgan fingerprint density at radius 1 is 0.878 bits per heavy atom. The number of hydrogen-bond donors (Lipinski definition) is 1. The first-order chi connectivity index (χ1) is 22.5. The zero-order valence-electron chi connectivity index (χ0n) is 26.8. The number of piperidine rings is 1. The minimum atomic E-state index is -5.02. The molecule has 2 aromatic rings. The van der Waals surface area contributed by atoms with E-state index in [0.29, 0.717) is 35.7 Å². The third kappa shape index (κ3) is 8.98. The normalized spacial score (nSPS) is 22.4. The molecule has 6 nitrogen and oxygen atoms in total. The third-order valence-electron chi connectivity index (χ3n) is 10.4. The fourth-order valence-corrected chi connectivity index (χ4v) is 8.04. The number of carbonyl (C=O) groups excluding carboxylic acids is 2. The van der Waals surface area contributed by atoms with E-state index in [2.05, 4.69) is 4.90 Å². The molecule has 0 aromatic heterocycles. The monoisotopic (exact) mass is 757 g/mol. The molecule has 272 valence electrons. The van der Waals surface area contributed by atoms with Gasteiger partial charge in [-0.3, -0.25) is 9.59 Å². The molecular formula is C34H40Cl3F6N3O3. The van der Waals surface area contributed by atoms with E-state index in [4.69, 9.17) is 33.7 Å². The van der Waals surface area contributed by atoms with E-state index in [0.717, 1.165) is 58.0 Å². The summed E-state index contributed by atoms with van der Waals surface area (Å²) in [6, 6.07) is 6.23. The first-order valence-corrected chi connectivity index (χ1v) is 17.0. The van der Waals surface area contributed by atoms with Gasteiger partial charge in [0, 0.05) is 13.1 Å². The lowest BCUT2D eigenvalue weighted by molar-refractivity contribution is -0.155. The molecule has 15 heteroatoms. The second kappa shape index (κ2) is 15.6. The minimum Gasteiger partial charge on any atom is -0.369 e. The van der Waals surface area contributed by atoms with Gasteiger partial charge >= 0.3 is 12.4 Å². The Kier molecular flexibility index (Phi) is 12.5. The van der Waals surface area contributed by atoms with E-state index in [1.165, 1.54) is 4.90 Å². The molecule has 2 amide bonds. The smallest absolute Gasteiger partial charge is 0.369 e. The van der Waals surface area contributed by atoms with Crippen LogP contribution in [0.15, 0.2) is 36.4 Å². The lowest BCUT2D eigenvalue weighted by atomic mass is 9.62. The van der Waals surface area contributed by atoms with Crippen LogP contribution < -0.4 is 5.73 Å². The number of amides is 2. The predicted molar refractivity (Wildman–Crippen MR) is 177 cm³/mol. The average molecular weight is 759 g/mol. The molecular weight excluding hydrogens is 719 g/mol. The second-order valence-electron chi connectivity index (χ2n) is 13.3.